The second kappa shape index (κ2) is 8.24. The number of carbonyl (C=O) groups is 2. The molecule has 1 aliphatic rings. The van der Waals surface area contributed by atoms with Gasteiger partial charge in [0, 0.05) is 29.1 Å². The summed E-state index contributed by atoms with van der Waals surface area (Å²) in [5.74, 6) is -0.287. The minimum Gasteiger partial charge on any atom is -0.330 e. The molecule has 6 nitrogen and oxygen atoms in total. The van der Waals surface area contributed by atoms with Crippen LogP contribution in [0.1, 0.15) is 31.2 Å². The SMILES string of the molecule is CC1=C(CC(=O)Nc2ccc3n[nH]c(Br)c3c2)C(c2ccc3ccccc3c2)CC(=O)N1. The summed E-state index contributed by atoms with van der Waals surface area (Å²) in [7, 11) is 0. The number of nitrogens with one attached hydrogen (secondary N) is 3. The maximum absolute atomic E-state index is 13.0. The summed E-state index contributed by atoms with van der Waals surface area (Å²) in [6, 6.07) is 20.0. The third-order valence-corrected chi connectivity index (χ3v) is 6.54. The molecule has 1 unspecified atom stereocenters. The quantitative estimate of drug-likeness (QED) is 0.360. The second-order valence-corrected chi connectivity index (χ2v) is 8.85. The van der Waals surface area contributed by atoms with Gasteiger partial charge in [0.05, 0.1) is 11.9 Å². The molecule has 0 spiro atoms. The number of fused-ring (bicyclic) bond motifs is 2. The maximum atomic E-state index is 13.0. The van der Waals surface area contributed by atoms with Crippen LogP contribution in [-0.4, -0.2) is 22.0 Å². The van der Waals surface area contributed by atoms with Crippen molar-refractivity contribution in [2.24, 2.45) is 0 Å². The standard InChI is InChI=1S/C25H21BrN4O2/c1-14-19(12-24(32)28-18-8-9-22-21(11-18)25(26)30-29-22)20(13-23(31)27-14)17-7-6-15-4-2-3-5-16(15)10-17/h2-11,20H,12-13H2,1H3,(H,27,31)(H,28,32)(H,29,30). The highest BCUT2D eigenvalue weighted by Gasteiger charge is 2.29. The van der Waals surface area contributed by atoms with Gasteiger partial charge in [-0.15, -0.1) is 0 Å². The van der Waals surface area contributed by atoms with E-state index >= 15 is 0 Å². The van der Waals surface area contributed by atoms with E-state index in [1.54, 1.807) is 0 Å². The average Bonchev–Trinajstić information content (AvgIpc) is 3.15. The van der Waals surface area contributed by atoms with Crippen molar-refractivity contribution in [3.63, 3.8) is 0 Å². The normalized spacial score (nSPS) is 16.4. The van der Waals surface area contributed by atoms with Crippen molar-refractivity contribution < 1.29 is 9.59 Å². The number of aromatic amines is 1. The fourth-order valence-electron chi connectivity index (χ4n) is 4.34. The van der Waals surface area contributed by atoms with Crippen LogP contribution >= 0.6 is 15.9 Å². The van der Waals surface area contributed by atoms with Gasteiger partial charge in [-0.05, 0) is 63.0 Å². The summed E-state index contributed by atoms with van der Waals surface area (Å²) in [6.45, 7) is 1.86. The van der Waals surface area contributed by atoms with E-state index < -0.39 is 0 Å². The molecule has 0 radical (unpaired) electrons. The molecule has 32 heavy (non-hydrogen) atoms. The number of H-pyrrole nitrogens is 1. The predicted octanol–water partition coefficient (Wildman–Crippen LogP) is 5.38. The van der Waals surface area contributed by atoms with E-state index in [9.17, 15) is 9.59 Å². The van der Waals surface area contributed by atoms with Crippen LogP contribution in [0.25, 0.3) is 21.7 Å². The molecule has 7 heteroatoms. The first-order chi connectivity index (χ1) is 15.5. The molecule has 4 aromatic rings. The van der Waals surface area contributed by atoms with Crippen LogP contribution in [0.2, 0.25) is 0 Å². The highest BCUT2D eigenvalue weighted by Crippen LogP contribution is 2.36. The van der Waals surface area contributed by atoms with E-state index in [1.165, 1.54) is 0 Å². The van der Waals surface area contributed by atoms with Crippen LogP contribution in [0, 0.1) is 0 Å². The topological polar surface area (TPSA) is 86.9 Å². The Kier molecular flexibility index (Phi) is 5.27. The van der Waals surface area contributed by atoms with Crippen LogP contribution in [0.3, 0.4) is 0 Å². The van der Waals surface area contributed by atoms with Crippen LogP contribution in [0.5, 0.6) is 0 Å². The molecule has 2 heterocycles. The minimum atomic E-state index is -0.135. The lowest BCUT2D eigenvalue weighted by atomic mass is 9.82. The first kappa shape index (κ1) is 20.5. The van der Waals surface area contributed by atoms with Gasteiger partial charge in [0.25, 0.3) is 0 Å². The Morgan fingerprint density at radius 2 is 1.94 bits per heavy atom. The van der Waals surface area contributed by atoms with Gasteiger partial charge in [-0.2, -0.15) is 5.10 Å². The van der Waals surface area contributed by atoms with Crippen molar-refractivity contribution in [2.75, 3.05) is 5.32 Å². The molecule has 0 saturated carbocycles. The summed E-state index contributed by atoms with van der Waals surface area (Å²) < 4.78 is 0.772. The number of aromatic nitrogens is 2. The van der Waals surface area contributed by atoms with Crippen molar-refractivity contribution >= 4 is 55.1 Å². The number of carbonyl (C=O) groups excluding carboxylic acids is 2. The molecule has 0 bridgehead atoms. The van der Waals surface area contributed by atoms with E-state index in [0.717, 1.165) is 43.1 Å². The first-order valence-corrected chi connectivity index (χ1v) is 11.2. The van der Waals surface area contributed by atoms with Crippen molar-refractivity contribution in [1.29, 1.82) is 0 Å². The highest BCUT2D eigenvalue weighted by molar-refractivity contribution is 9.10. The Morgan fingerprint density at radius 1 is 1.12 bits per heavy atom. The monoisotopic (exact) mass is 488 g/mol. The molecule has 0 aliphatic carbocycles. The summed E-state index contributed by atoms with van der Waals surface area (Å²) in [4.78, 5) is 25.3. The van der Waals surface area contributed by atoms with Crippen molar-refractivity contribution in [3.8, 4) is 0 Å². The summed E-state index contributed by atoms with van der Waals surface area (Å²) >= 11 is 3.43. The average molecular weight is 489 g/mol. The number of hydrogen-bond donors (Lipinski definition) is 3. The van der Waals surface area contributed by atoms with Crippen LogP contribution in [0.4, 0.5) is 5.69 Å². The van der Waals surface area contributed by atoms with Gasteiger partial charge in [0.15, 0.2) is 0 Å². The molecular weight excluding hydrogens is 468 g/mol. The summed E-state index contributed by atoms with van der Waals surface area (Å²) in [5, 5.41) is 16.1. The number of anilines is 1. The Hall–Kier alpha value is -3.45. The first-order valence-electron chi connectivity index (χ1n) is 10.4. The van der Waals surface area contributed by atoms with E-state index in [0.29, 0.717) is 12.1 Å². The van der Waals surface area contributed by atoms with Gasteiger partial charge in [0.1, 0.15) is 4.60 Å². The van der Waals surface area contributed by atoms with Gasteiger partial charge >= 0.3 is 0 Å². The third-order valence-electron chi connectivity index (χ3n) is 5.94. The number of halogens is 1. The van der Waals surface area contributed by atoms with Crippen LogP contribution < -0.4 is 10.6 Å². The Labute approximate surface area is 193 Å². The molecule has 2 amide bonds. The van der Waals surface area contributed by atoms with Crippen LogP contribution in [-0.2, 0) is 9.59 Å². The van der Waals surface area contributed by atoms with Crippen molar-refractivity contribution in [2.45, 2.75) is 25.7 Å². The number of nitrogens with zero attached hydrogens (tertiary/aromatic N) is 1. The van der Waals surface area contributed by atoms with Crippen molar-refractivity contribution in [1.82, 2.24) is 15.5 Å². The zero-order chi connectivity index (χ0) is 22.2. The van der Waals surface area contributed by atoms with Crippen LogP contribution in [0.15, 0.2) is 76.5 Å². The smallest absolute Gasteiger partial charge is 0.228 e. The lowest BCUT2D eigenvalue weighted by molar-refractivity contribution is -0.121. The number of benzene rings is 3. The molecule has 1 aliphatic heterocycles. The highest BCUT2D eigenvalue weighted by atomic mass is 79.9. The zero-order valence-corrected chi connectivity index (χ0v) is 19.0. The summed E-state index contributed by atoms with van der Waals surface area (Å²) in [5.41, 5.74) is 4.25. The van der Waals surface area contributed by atoms with Crippen molar-refractivity contribution in [3.05, 3.63) is 82.1 Å². The van der Waals surface area contributed by atoms with Gasteiger partial charge < -0.3 is 10.6 Å². The second-order valence-electron chi connectivity index (χ2n) is 8.06. The molecule has 160 valence electrons. The molecule has 1 aromatic heterocycles. The number of rotatable bonds is 4. The minimum absolute atomic E-state index is 0.0277. The zero-order valence-electron chi connectivity index (χ0n) is 17.4. The number of allylic oxidation sites excluding steroid dienone is 1. The van der Waals surface area contributed by atoms with Gasteiger partial charge in [0.2, 0.25) is 11.8 Å². The lowest BCUT2D eigenvalue weighted by Crippen LogP contribution is -2.32. The fourth-order valence-corrected chi connectivity index (χ4v) is 4.75. The Balaban J connectivity index is 1.42. The molecule has 5 rings (SSSR count). The Morgan fingerprint density at radius 3 is 2.78 bits per heavy atom. The third kappa shape index (κ3) is 3.91. The van der Waals surface area contributed by atoms with Gasteiger partial charge in [-0.25, -0.2) is 0 Å². The molecule has 1 atom stereocenters. The number of hydrogen-bond acceptors (Lipinski definition) is 3. The lowest BCUT2D eigenvalue weighted by Gasteiger charge is -2.28. The van der Waals surface area contributed by atoms with Gasteiger partial charge in [-0.1, -0.05) is 42.5 Å². The van der Waals surface area contributed by atoms with E-state index in [1.807, 2.05) is 37.3 Å². The van der Waals surface area contributed by atoms with E-state index in [-0.39, 0.29) is 24.2 Å². The van der Waals surface area contributed by atoms with E-state index in [2.05, 4.69) is 67.1 Å². The molecular formula is C25H21BrN4O2. The fraction of sp³-hybridized carbons (Fsp3) is 0.160. The maximum Gasteiger partial charge on any atom is 0.228 e. The van der Waals surface area contributed by atoms with E-state index in [4.69, 9.17) is 0 Å². The largest absolute Gasteiger partial charge is 0.330 e. The Bertz CT molecular complexity index is 1410. The van der Waals surface area contributed by atoms with Gasteiger partial charge in [-0.3, -0.25) is 14.7 Å². The molecule has 3 aromatic carbocycles. The molecule has 3 N–H and O–H groups in total. The molecule has 0 saturated heterocycles. The number of amides is 2. The summed E-state index contributed by atoms with van der Waals surface area (Å²) in [6.07, 6.45) is 0.528. The molecule has 0 fully saturated rings. The predicted molar refractivity (Wildman–Crippen MR) is 129 cm³/mol.